The van der Waals surface area contributed by atoms with Crippen molar-refractivity contribution < 1.29 is 0 Å². The molecule has 3 nitrogen and oxygen atoms in total. The topological polar surface area (TPSA) is 18.5 Å². The van der Waals surface area contributed by atoms with Crippen LogP contribution in [0.1, 0.15) is 33.1 Å². The van der Waals surface area contributed by atoms with Crippen molar-refractivity contribution in [1.29, 1.82) is 0 Å². The van der Waals surface area contributed by atoms with Crippen LogP contribution >= 0.6 is 0 Å². The lowest BCUT2D eigenvalue weighted by Gasteiger charge is -2.39. The molecule has 102 valence electrons. The van der Waals surface area contributed by atoms with Crippen molar-refractivity contribution >= 4 is 0 Å². The van der Waals surface area contributed by atoms with Gasteiger partial charge in [-0.2, -0.15) is 0 Å². The average molecular weight is 241 g/mol. The fourth-order valence-electron chi connectivity index (χ4n) is 2.66. The monoisotopic (exact) mass is 241 g/mol. The van der Waals surface area contributed by atoms with Crippen LogP contribution in [0.3, 0.4) is 0 Å². The molecule has 2 atom stereocenters. The third-order valence-corrected chi connectivity index (χ3v) is 3.86. The molecule has 0 saturated carbocycles. The van der Waals surface area contributed by atoms with E-state index in [9.17, 15) is 0 Å². The maximum atomic E-state index is 3.72. The van der Waals surface area contributed by atoms with Crippen LogP contribution < -0.4 is 5.32 Å². The lowest BCUT2D eigenvalue weighted by molar-refractivity contribution is 0.127. The largest absolute Gasteiger partial charge is 0.314 e. The lowest BCUT2D eigenvalue weighted by atomic mass is 9.90. The predicted octanol–water partition coefficient (Wildman–Crippen LogP) is 1.65. The zero-order valence-corrected chi connectivity index (χ0v) is 12.2. The van der Waals surface area contributed by atoms with Gasteiger partial charge in [-0.05, 0) is 45.9 Å². The number of likely N-dealkylation sites (tertiary alicyclic amines) is 1. The lowest BCUT2D eigenvalue weighted by Crippen LogP contribution is -2.50. The van der Waals surface area contributed by atoms with Crippen LogP contribution in [0, 0.1) is 5.92 Å². The van der Waals surface area contributed by atoms with Crippen LogP contribution in [0.5, 0.6) is 0 Å². The Bertz CT molecular complexity index is 194. The minimum Gasteiger partial charge on any atom is -0.314 e. The summed E-state index contributed by atoms with van der Waals surface area (Å²) in [5.41, 5.74) is 0. The van der Waals surface area contributed by atoms with Crippen molar-refractivity contribution in [1.82, 2.24) is 15.1 Å². The Morgan fingerprint density at radius 3 is 2.65 bits per heavy atom. The smallest absolute Gasteiger partial charge is 0.0120 e. The van der Waals surface area contributed by atoms with Crippen LogP contribution in [0.4, 0.5) is 0 Å². The molecular weight excluding hydrogens is 210 g/mol. The van der Waals surface area contributed by atoms with Gasteiger partial charge in [-0.3, -0.25) is 0 Å². The summed E-state index contributed by atoms with van der Waals surface area (Å²) in [4.78, 5) is 4.92. The Labute approximate surface area is 108 Å². The van der Waals surface area contributed by atoms with E-state index in [1.165, 1.54) is 52.0 Å². The van der Waals surface area contributed by atoms with Gasteiger partial charge < -0.3 is 15.1 Å². The molecule has 1 heterocycles. The highest BCUT2D eigenvalue weighted by Crippen LogP contribution is 2.20. The summed E-state index contributed by atoms with van der Waals surface area (Å²) in [5.74, 6) is 0.845. The van der Waals surface area contributed by atoms with Gasteiger partial charge in [-0.25, -0.2) is 0 Å². The zero-order valence-electron chi connectivity index (χ0n) is 12.2. The SMILES string of the molecule is CCCNC1CCN(CCN(C)C)CC1CC. The van der Waals surface area contributed by atoms with Gasteiger partial charge in [-0.1, -0.05) is 20.3 Å². The molecule has 1 N–H and O–H groups in total. The molecule has 0 bridgehead atoms. The summed E-state index contributed by atoms with van der Waals surface area (Å²) >= 11 is 0. The Morgan fingerprint density at radius 2 is 2.06 bits per heavy atom. The molecule has 2 unspecified atom stereocenters. The van der Waals surface area contributed by atoms with Gasteiger partial charge >= 0.3 is 0 Å². The Morgan fingerprint density at radius 1 is 1.29 bits per heavy atom. The van der Waals surface area contributed by atoms with Gasteiger partial charge in [0.2, 0.25) is 0 Å². The maximum Gasteiger partial charge on any atom is 0.0120 e. The molecule has 1 aliphatic heterocycles. The normalized spacial score (nSPS) is 26.6. The highest BCUT2D eigenvalue weighted by atomic mass is 15.2. The summed E-state index contributed by atoms with van der Waals surface area (Å²) in [6.07, 6.45) is 3.88. The molecule has 17 heavy (non-hydrogen) atoms. The number of nitrogens with one attached hydrogen (secondary N) is 1. The van der Waals surface area contributed by atoms with Gasteiger partial charge in [0.25, 0.3) is 0 Å². The van der Waals surface area contributed by atoms with Crippen molar-refractivity contribution in [3.63, 3.8) is 0 Å². The molecule has 0 aromatic rings. The molecular formula is C14H31N3. The highest BCUT2D eigenvalue weighted by molar-refractivity contribution is 4.84. The second kappa shape index (κ2) is 8.06. The molecule has 1 rings (SSSR count). The summed E-state index contributed by atoms with van der Waals surface area (Å²) < 4.78 is 0. The average Bonchev–Trinajstić information content (AvgIpc) is 2.34. The summed E-state index contributed by atoms with van der Waals surface area (Å²) in [7, 11) is 4.32. The van der Waals surface area contributed by atoms with E-state index in [1.807, 2.05) is 0 Å². The van der Waals surface area contributed by atoms with E-state index in [4.69, 9.17) is 0 Å². The van der Waals surface area contributed by atoms with E-state index >= 15 is 0 Å². The number of likely N-dealkylation sites (N-methyl/N-ethyl adjacent to an activating group) is 1. The van der Waals surface area contributed by atoms with E-state index in [0.29, 0.717) is 0 Å². The predicted molar refractivity (Wildman–Crippen MR) is 75.5 cm³/mol. The van der Waals surface area contributed by atoms with E-state index in [-0.39, 0.29) is 0 Å². The van der Waals surface area contributed by atoms with Crippen molar-refractivity contribution in [3.8, 4) is 0 Å². The molecule has 1 fully saturated rings. The second-order valence-electron chi connectivity index (χ2n) is 5.62. The number of hydrogen-bond donors (Lipinski definition) is 1. The molecule has 0 aromatic heterocycles. The van der Waals surface area contributed by atoms with E-state index in [2.05, 4.69) is 43.1 Å². The fourth-order valence-corrected chi connectivity index (χ4v) is 2.66. The molecule has 1 aliphatic rings. The Kier molecular flexibility index (Phi) is 7.09. The van der Waals surface area contributed by atoms with Gasteiger partial charge in [0.1, 0.15) is 0 Å². The molecule has 3 heteroatoms. The van der Waals surface area contributed by atoms with Gasteiger partial charge in [0, 0.05) is 25.7 Å². The summed E-state index contributed by atoms with van der Waals surface area (Å²) in [6, 6.07) is 0.760. The van der Waals surface area contributed by atoms with E-state index < -0.39 is 0 Å². The standard InChI is InChI=1S/C14H31N3/c1-5-8-15-14-7-9-17(11-10-16(3)4)12-13(14)6-2/h13-15H,5-12H2,1-4H3. The van der Waals surface area contributed by atoms with Crippen LogP contribution in [0.15, 0.2) is 0 Å². The minimum absolute atomic E-state index is 0.760. The Hall–Kier alpha value is -0.120. The van der Waals surface area contributed by atoms with Crippen LogP contribution in [-0.2, 0) is 0 Å². The molecule has 0 spiro atoms. The maximum absolute atomic E-state index is 3.72. The van der Waals surface area contributed by atoms with Gasteiger partial charge in [0.05, 0.1) is 0 Å². The molecule has 0 amide bonds. The van der Waals surface area contributed by atoms with Crippen LogP contribution in [-0.4, -0.2) is 62.7 Å². The first-order chi connectivity index (χ1) is 8.17. The second-order valence-corrected chi connectivity index (χ2v) is 5.62. The third kappa shape index (κ3) is 5.36. The quantitative estimate of drug-likeness (QED) is 0.731. The molecule has 0 aromatic carbocycles. The van der Waals surface area contributed by atoms with Crippen LogP contribution in [0.25, 0.3) is 0 Å². The third-order valence-electron chi connectivity index (χ3n) is 3.86. The Balaban J connectivity index is 2.32. The first kappa shape index (κ1) is 14.9. The van der Waals surface area contributed by atoms with E-state index in [0.717, 1.165) is 12.0 Å². The van der Waals surface area contributed by atoms with E-state index in [1.54, 1.807) is 0 Å². The molecule has 0 radical (unpaired) electrons. The zero-order chi connectivity index (χ0) is 12.7. The van der Waals surface area contributed by atoms with Crippen LogP contribution in [0.2, 0.25) is 0 Å². The van der Waals surface area contributed by atoms with Crippen molar-refractivity contribution in [3.05, 3.63) is 0 Å². The minimum atomic E-state index is 0.760. The summed E-state index contributed by atoms with van der Waals surface area (Å²) in [6.45, 7) is 10.7. The first-order valence-electron chi connectivity index (χ1n) is 7.27. The number of rotatable bonds is 7. The number of nitrogens with zero attached hydrogens (tertiary/aromatic N) is 2. The molecule has 0 aliphatic carbocycles. The van der Waals surface area contributed by atoms with Crippen molar-refractivity contribution in [2.75, 3.05) is 46.8 Å². The highest BCUT2D eigenvalue weighted by Gasteiger charge is 2.26. The molecule has 1 saturated heterocycles. The van der Waals surface area contributed by atoms with Crippen molar-refractivity contribution in [2.24, 2.45) is 5.92 Å². The summed E-state index contributed by atoms with van der Waals surface area (Å²) in [5, 5.41) is 3.72. The fraction of sp³-hybridized carbons (Fsp3) is 1.00. The first-order valence-corrected chi connectivity index (χ1v) is 7.27. The number of piperidine rings is 1. The van der Waals surface area contributed by atoms with Gasteiger partial charge in [0.15, 0.2) is 0 Å². The number of hydrogen-bond acceptors (Lipinski definition) is 3. The van der Waals surface area contributed by atoms with Crippen molar-refractivity contribution in [2.45, 2.75) is 39.2 Å². The van der Waals surface area contributed by atoms with Gasteiger partial charge in [-0.15, -0.1) is 0 Å².